The van der Waals surface area contributed by atoms with Crippen molar-refractivity contribution in [2.75, 3.05) is 18.9 Å². The summed E-state index contributed by atoms with van der Waals surface area (Å²) < 4.78 is 6.47. The molecule has 0 saturated carbocycles. The summed E-state index contributed by atoms with van der Waals surface area (Å²) in [7, 11) is 0. The standard InChI is InChI=1S/C10H13N5O4/c11-8-9-12-1-6(15(9)14-4-13-8)10(18)3-19-5(2-16)7(10)17/h1,4-5,7,16-18H,2-3H2,(H2,11,13,14)/t5-,7-,10+/m1/s1. The van der Waals surface area contributed by atoms with Crippen LogP contribution in [0.2, 0.25) is 0 Å². The Morgan fingerprint density at radius 3 is 3.00 bits per heavy atom. The van der Waals surface area contributed by atoms with Gasteiger partial charge in [0.25, 0.3) is 0 Å². The van der Waals surface area contributed by atoms with Crippen molar-refractivity contribution in [1.82, 2.24) is 19.6 Å². The van der Waals surface area contributed by atoms with Gasteiger partial charge in [0.15, 0.2) is 17.1 Å². The molecule has 19 heavy (non-hydrogen) atoms. The van der Waals surface area contributed by atoms with Gasteiger partial charge in [0.2, 0.25) is 0 Å². The molecule has 0 radical (unpaired) electrons. The maximum atomic E-state index is 10.6. The normalized spacial score (nSPS) is 31.1. The van der Waals surface area contributed by atoms with Crippen LogP contribution in [0.5, 0.6) is 0 Å². The number of hydrogen-bond donors (Lipinski definition) is 4. The van der Waals surface area contributed by atoms with Gasteiger partial charge in [0.1, 0.15) is 18.5 Å². The molecule has 1 saturated heterocycles. The summed E-state index contributed by atoms with van der Waals surface area (Å²) in [6.45, 7) is -0.561. The molecule has 0 unspecified atom stereocenters. The van der Waals surface area contributed by atoms with Crippen molar-refractivity contribution in [3.8, 4) is 0 Å². The van der Waals surface area contributed by atoms with Gasteiger partial charge >= 0.3 is 0 Å². The maximum absolute atomic E-state index is 10.6. The molecule has 1 fully saturated rings. The van der Waals surface area contributed by atoms with Gasteiger partial charge in [-0.3, -0.25) is 0 Å². The number of imidazole rings is 1. The van der Waals surface area contributed by atoms with Gasteiger partial charge < -0.3 is 25.8 Å². The average Bonchev–Trinajstić information content (AvgIpc) is 2.95. The average molecular weight is 267 g/mol. The Bertz CT molecular complexity index is 617. The smallest absolute Gasteiger partial charge is 0.196 e. The number of rotatable bonds is 2. The highest BCUT2D eigenvalue weighted by atomic mass is 16.5. The summed E-state index contributed by atoms with van der Waals surface area (Å²) in [5.74, 6) is 0.164. The zero-order valence-electron chi connectivity index (χ0n) is 9.84. The van der Waals surface area contributed by atoms with Gasteiger partial charge in [-0.1, -0.05) is 0 Å². The SMILES string of the molecule is Nc1ncnn2c([C@@]3(O)CO[C@H](CO)[C@H]3O)cnc12. The van der Waals surface area contributed by atoms with Crippen LogP contribution in [0.25, 0.3) is 5.65 Å². The minimum absolute atomic E-state index is 0.164. The minimum atomic E-state index is -1.70. The van der Waals surface area contributed by atoms with E-state index in [1.807, 2.05) is 0 Å². The van der Waals surface area contributed by atoms with Crippen LogP contribution in [0.15, 0.2) is 12.5 Å². The second-order valence-corrected chi connectivity index (χ2v) is 4.43. The molecule has 5 N–H and O–H groups in total. The Balaban J connectivity index is 2.12. The highest BCUT2D eigenvalue weighted by Crippen LogP contribution is 2.34. The third-order valence-electron chi connectivity index (χ3n) is 3.31. The Morgan fingerprint density at radius 2 is 2.32 bits per heavy atom. The van der Waals surface area contributed by atoms with Crippen LogP contribution in [0.1, 0.15) is 5.69 Å². The molecular formula is C10H13N5O4. The van der Waals surface area contributed by atoms with Crippen molar-refractivity contribution in [3.05, 3.63) is 18.2 Å². The number of anilines is 1. The fourth-order valence-electron chi connectivity index (χ4n) is 2.23. The zero-order chi connectivity index (χ0) is 13.6. The molecule has 0 aliphatic carbocycles. The van der Waals surface area contributed by atoms with Gasteiger partial charge in [-0.15, -0.1) is 0 Å². The first-order chi connectivity index (χ1) is 9.08. The van der Waals surface area contributed by atoms with Gasteiger partial charge in [-0.25, -0.2) is 14.5 Å². The topological polar surface area (TPSA) is 139 Å². The van der Waals surface area contributed by atoms with Crippen LogP contribution in [-0.4, -0.2) is 60.3 Å². The van der Waals surface area contributed by atoms with Gasteiger partial charge in [-0.2, -0.15) is 5.10 Å². The molecule has 3 rings (SSSR count). The second kappa shape index (κ2) is 4.10. The lowest BCUT2D eigenvalue weighted by Crippen LogP contribution is -2.43. The molecule has 2 aromatic rings. The Hall–Kier alpha value is -1.81. The summed E-state index contributed by atoms with van der Waals surface area (Å²) in [5.41, 5.74) is 4.47. The van der Waals surface area contributed by atoms with E-state index in [-0.39, 0.29) is 23.8 Å². The van der Waals surface area contributed by atoms with Crippen molar-refractivity contribution in [1.29, 1.82) is 0 Å². The summed E-state index contributed by atoms with van der Waals surface area (Å²) in [6, 6.07) is 0. The lowest BCUT2D eigenvalue weighted by Gasteiger charge is -2.24. The number of aromatic nitrogens is 4. The third-order valence-corrected chi connectivity index (χ3v) is 3.31. The van der Waals surface area contributed by atoms with E-state index in [0.717, 1.165) is 0 Å². The van der Waals surface area contributed by atoms with E-state index in [4.69, 9.17) is 15.6 Å². The molecule has 3 atom stereocenters. The summed E-state index contributed by atoms with van der Waals surface area (Å²) in [6.07, 6.45) is 0.443. The van der Waals surface area contributed by atoms with Gasteiger partial charge in [0.05, 0.1) is 25.1 Å². The quantitative estimate of drug-likeness (QED) is 0.474. The highest BCUT2D eigenvalue weighted by molar-refractivity contribution is 5.59. The predicted molar refractivity (Wildman–Crippen MR) is 61.9 cm³/mol. The largest absolute Gasteiger partial charge is 0.394 e. The van der Waals surface area contributed by atoms with E-state index in [1.54, 1.807) is 0 Å². The lowest BCUT2D eigenvalue weighted by atomic mass is 9.93. The van der Waals surface area contributed by atoms with E-state index in [9.17, 15) is 10.2 Å². The van der Waals surface area contributed by atoms with Crippen LogP contribution >= 0.6 is 0 Å². The molecule has 3 heterocycles. The highest BCUT2D eigenvalue weighted by Gasteiger charge is 2.51. The number of ether oxygens (including phenoxy) is 1. The fourth-order valence-corrected chi connectivity index (χ4v) is 2.23. The minimum Gasteiger partial charge on any atom is -0.394 e. The molecular weight excluding hydrogens is 254 g/mol. The monoisotopic (exact) mass is 267 g/mol. The number of nitrogens with two attached hydrogens (primary N) is 1. The third kappa shape index (κ3) is 1.60. The molecule has 0 aromatic carbocycles. The van der Waals surface area contributed by atoms with Crippen LogP contribution in [0.3, 0.4) is 0 Å². The number of fused-ring (bicyclic) bond motifs is 1. The number of aliphatic hydroxyl groups excluding tert-OH is 2. The van der Waals surface area contributed by atoms with Crippen LogP contribution < -0.4 is 5.73 Å². The first-order valence-corrected chi connectivity index (χ1v) is 5.65. The fraction of sp³-hybridized carbons (Fsp3) is 0.500. The molecule has 102 valence electrons. The van der Waals surface area contributed by atoms with Crippen LogP contribution in [0.4, 0.5) is 5.82 Å². The predicted octanol–water partition coefficient (Wildman–Crippen LogP) is -2.35. The van der Waals surface area contributed by atoms with Gasteiger partial charge in [0, 0.05) is 0 Å². The van der Waals surface area contributed by atoms with Crippen molar-refractivity contribution in [3.63, 3.8) is 0 Å². The number of hydrogen-bond acceptors (Lipinski definition) is 8. The number of nitrogen functional groups attached to an aromatic ring is 1. The molecule has 1 aliphatic rings. The van der Waals surface area contributed by atoms with Crippen LogP contribution in [-0.2, 0) is 10.3 Å². The molecule has 0 bridgehead atoms. The molecule has 1 aliphatic heterocycles. The maximum Gasteiger partial charge on any atom is 0.196 e. The van der Waals surface area contributed by atoms with Crippen molar-refractivity contribution >= 4 is 11.5 Å². The molecule has 9 heteroatoms. The van der Waals surface area contributed by atoms with E-state index >= 15 is 0 Å². The van der Waals surface area contributed by atoms with Crippen LogP contribution in [0, 0.1) is 0 Å². The molecule has 0 amide bonds. The van der Waals surface area contributed by atoms with Crippen molar-refractivity contribution in [2.24, 2.45) is 0 Å². The first kappa shape index (κ1) is 12.2. The van der Waals surface area contributed by atoms with E-state index in [2.05, 4.69) is 15.1 Å². The Morgan fingerprint density at radius 1 is 1.53 bits per heavy atom. The number of nitrogens with zero attached hydrogens (tertiary/aromatic N) is 4. The summed E-state index contributed by atoms with van der Waals surface area (Å²) >= 11 is 0. The summed E-state index contributed by atoms with van der Waals surface area (Å²) in [4.78, 5) is 7.81. The molecule has 0 spiro atoms. The van der Waals surface area contributed by atoms with Crippen molar-refractivity contribution < 1.29 is 20.1 Å². The van der Waals surface area contributed by atoms with Gasteiger partial charge in [-0.05, 0) is 0 Å². The molecule has 9 nitrogen and oxygen atoms in total. The lowest BCUT2D eigenvalue weighted by molar-refractivity contribution is -0.0633. The van der Waals surface area contributed by atoms with E-state index in [0.29, 0.717) is 0 Å². The summed E-state index contributed by atoms with van der Waals surface area (Å²) in [5, 5.41) is 33.6. The Labute approximate surface area is 107 Å². The Kier molecular flexibility index (Phi) is 2.64. The van der Waals surface area contributed by atoms with E-state index in [1.165, 1.54) is 17.0 Å². The zero-order valence-corrected chi connectivity index (χ0v) is 9.84. The van der Waals surface area contributed by atoms with E-state index < -0.39 is 24.4 Å². The van der Waals surface area contributed by atoms with Crippen molar-refractivity contribution in [2.45, 2.75) is 17.8 Å². The number of aliphatic hydroxyl groups is 3. The second-order valence-electron chi connectivity index (χ2n) is 4.43. The first-order valence-electron chi connectivity index (χ1n) is 5.65. The molecule has 2 aromatic heterocycles.